The van der Waals surface area contributed by atoms with Crippen LogP contribution in [-0.2, 0) is 12.8 Å². The first-order chi connectivity index (χ1) is 9.78. The van der Waals surface area contributed by atoms with E-state index in [0.29, 0.717) is 5.56 Å². The van der Waals surface area contributed by atoms with Gasteiger partial charge >= 0.3 is 0 Å². The lowest BCUT2D eigenvalue weighted by Crippen LogP contribution is -2.07. The Morgan fingerprint density at radius 3 is 2.80 bits per heavy atom. The number of nitrogens with two attached hydrogens (primary N) is 1. The Morgan fingerprint density at radius 1 is 1.20 bits per heavy atom. The number of nitriles is 1. The summed E-state index contributed by atoms with van der Waals surface area (Å²) < 4.78 is 0. The van der Waals surface area contributed by atoms with E-state index in [0.717, 1.165) is 34.1 Å². The van der Waals surface area contributed by atoms with Crippen LogP contribution in [0.15, 0.2) is 40.3 Å². The molecule has 1 aliphatic carbocycles. The van der Waals surface area contributed by atoms with Crippen LogP contribution in [0, 0.1) is 11.3 Å². The number of rotatable bonds is 2. The first-order valence-corrected chi connectivity index (χ1v) is 7.55. The number of benzene rings is 1. The minimum Gasteiger partial charge on any atom is -0.398 e. The third kappa shape index (κ3) is 2.50. The number of pyridine rings is 1. The summed E-state index contributed by atoms with van der Waals surface area (Å²) in [7, 11) is 0. The number of anilines is 1. The highest BCUT2D eigenvalue weighted by atomic mass is 32.2. The van der Waals surface area contributed by atoms with Crippen molar-refractivity contribution in [2.75, 3.05) is 5.73 Å². The zero-order valence-electron chi connectivity index (χ0n) is 11.1. The zero-order valence-corrected chi connectivity index (χ0v) is 11.9. The molecule has 4 heteroatoms. The number of hydrogen-bond donors (Lipinski definition) is 1. The smallest absolute Gasteiger partial charge is 0.119 e. The van der Waals surface area contributed by atoms with Crippen LogP contribution in [-0.4, -0.2) is 4.98 Å². The Kier molecular flexibility index (Phi) is 3.62. The number of fused-ring (bicyclic) bond motifs is 1. The molecule has 2 N–H and O–H groups in total. The lowest BCUT2D eigenvalue weighted by Gasteiger charge is -2.16. The number of nitrogens with zero attached hydrogens (tertiary/aromatic N) is 2. The van der Waals surface area contributed by atoms with Gasteiger partial charge in [-0.15, -0.1) is 0 Å². The van der Waals surface area contributed by atoms with Crippen molar-refractivity contribution < 1.29 is 0 Å². The van der Waals surface area contributed by atoms with Crippen LogP contribution < -0.4 is 5.73 Å². The predicted octanol–water partition coefficient (Wildman–Crippen LogP) is 3.57. The third-order valence-electron chi connectivity index (χ3n) is 3.51. The van der Waals surface area contributed by atoms with Crippen LogP contribution >= 0.6 is 11.8 Å². The summed E-state index contributed by atoms with van der Waals surface area (Å²) in [4.78, 5) is 5.66. The highest BCUT2D eigenvalue weighted by molar-refractivity contribution is 7.99. The van der Waals surface area contributed by atoms with Crippen LogP contribution in [0.4, 0.5) is 5.69 Å². The Balaban J connectivity index is 2.01. The van der Waals surface area contributed by atoms with Crippen LogP contribution in [0.25, 0.3) is 0 Å². The van der Waals surface area contributed by atoms with Crippen molar-refractivity contribution in [1.82, 2.24) is 4.98 Å². The monoisotopic (exact) mass is 281 g/mol. The Labute approximate surface area is 122 Å². The summed E-state index contributed by atoms with van der Waals surface area (Å²) in [6, 6.07) is 11.9. The molecule has 3 rings (SSSR count). The molecule has 0 amide bonds. The van der Waals surface area contributed by atoms with Crippen molar-refractivity contribution in [1.29, 1.82) is 5.26 Å². The molecule has 1 aliphatic rings. The zero-order chi connectivity index (χ0) is 13.9. The van der Waals surface area contributed by atoms with Gasteiger partial charge in [0.2, 0.25) is 0 Å². The summed E-state index contributed by atoms with van der Waals surface area (Å²) in [6.07, 6.45) is 4.43. The Morgan fingerprint density at radius 2 is 2.00 bits per heavy atom. The summed E-state index contributed by atoms with van der Waals surface area (Å²) in [6.45, 7) is 0. The number of hydrogen-bond acceptors (Lipinski definition) is 4. The van der Waals surface area contributed by atoms with Crippen molar-refractivity contribution in [3.8, 4) is 6.07 Å². The van der Waals surface area contributed by atoms with Gasteiger partial charge in [-0.05, 0) is 49.4 Å². The topological polar surface area (TPSA) is 62.7 Å². The quantitative estimate of drug-likeness (QED) is 0.855. The molecule has 20 heavy (non-hydrogen) atoms. The van der Waals surface area contributed by atoms with Crippen molar-refractivity contribution in [3.05, 3.63) is 47.2 Å². The normalized spacial score (nSPS) is 13.6. The van der Waals surface area contributed by atoms with Gasteiger partial charge in [0.1, 0.15) is 11.1 Å². The molecular formula is C16H15N3S. The molecule has 0 unspecified atom stereocenters. The van der Waals surface area contributed by atoms with E-state index in [9.17, 15) is 5.26 Å². The van der Waals surface area contributed by atoms with Crippen LogP contribution in [0.1, 0.15) is 29.7 Å². The van der Waals surface area contributed by atoms with E-state index >= 15 is 0 Å². The van der Waals surface area contributed by atoms with Gasteiger partial charge in [0.05, 0.1) is 5.56 Å². The van der Waals surface area contributed by atoms with Gasteiger partial charge in [0.25, 0.3) is 0 Å². The van der Waals surface area contributed by atoms with Gasteiger partial charge in [-0.25, -0.2) is 4.98 Å². The third-order valence-corrected chi connectivity index (χ3v) is 4.61. The fraction of sp³-hybridized carbons (Fsp3) is 0.250. The van der Waals surface area contributed by atoms with E-state index in [2.05, 4.69) is 6.07 Å². The van der Waals surface area contributed by atoms with Gasteiger partial charge in [-0.3, -0.25) is 0 Å². The van der Waals surface area contributed by atoms with E-state index < -0.39 is 0 Å². The molecule has 0 bridgehead atoms. The maximum absolute atomic E-state index is 9.33. The summed E-state index contributed by atoms with van der Waals surface area (Å²) in [5, 5.41) is 10.1. The second-order valence-electron chi connectivity index (χ2n) is 4.91. The van der Waals surface area contributed by atoms with E-state index in [1.54, 1.807) is 0 Å². The first-order valence-electron chi connectivity index (χ1n) is 6.73. The fourth-order valence-electron chi connectivity index (χ4n) is 2.45. The Hall–Kier alpha value is -1.99. The lowest BCUT2D eigenvalue weighted by molar-refractivity contribution is 0.660. The number of aromatic nitrogens is 1. The molecule has 0 radical (unpaired) electrons. The molecule has 1 heterocycles. The molecule has 0 atom stereocenters. The molecule has 0 aliphatic heterocycles. The summed E-state index contributed by atoms with van der Waals surface area (Å²) >= 11 is 1.48. The maximum atomic E-state index is 9.33. The predicted molar refractivity (Wildman–Crippen MR) is 80.6 cm³/mol. The summed E-state index contributed by atoms with van der Waals surface area (Å²) in [5.74, 6) is 0. The largest absolute Gasteiger partial charge is 0.398 e. The number of nitrogen functional groups attached to an aromatic ring is 1. The van der Waals surface area contributed by atoms with Crippen molar-refractivity contribution >= 4 is 17.4 Å². The van der Waals surface area contributed by atoms with Crippen LogP contribution in [0.5, 0.6) is 0 Å². The molecular weight excluding hydrogens is 266 g/mol. The van der Waals surface area contributed by atoms with Gasteiger partial charge in [0, 0.05) is 16.3 Å². The second kappa shape index (κ2) is 5.56. The van der Waals surface area contributed by atoms with Crippen molar-refractivity contribution in [2.24, 2.45) is 0 Å². The number of para-hydroxylation sites is 1. The van der Waals surface area contributed by atoms with Gasteiger partial charge in [-0.1, -0.05) is 23.9 Å². The van der Waals surface area contributed by atoms with E-state index in [-0.39, 0.29) is 0 Å². The highest BCUT2D eigenvalue weighted by Crippen LogP contribution is 2.34. The van der Waals surface area contributed by atoms with Gasteiger partial charge in [-0.2, -0.15) is 5.26 Å². The lowest BCUT2D eigenvalue weighted by atomic mass is 9.95. The average molecular weight is 281 g/mol. The van der Waals surface area contributed by atoms with Crippen molar-refractivity contribution in [3.63, 3.8) is 0 Å². The van der Waals surface area contributed by atoms with Crippen LogP contribution in [0.2, 0.25) is 0 Å². The standard InChI is InChI=1S/C16H15N3S/c17-10-12-9-11-5-1-3-7-14(11)19-16(12)20-15-8-4-2-6-13(15)18/h2,4,6,8-9H,1,3,5,7,18H2. The van der Waals surface area contributed by atoms with E-state index in [1.165, 1.54) is 30.2 Å². The fourth-order valence-corrected chi connectivity index (χ4v) is 3.36. The number of aryl methyl sites for hydroxylation is 2. The van der Waals surface area contributed by atoms with Crippen molar-refractivity contribution in [2.45, 2.75) is 35.6 Å². The molecule has 1 aromatic heterocycles. The molecule has 3 nitrogen and oxygen atoms in total. The molecule has 0 fully saturated rings. The summed E-state index contributed by atoms with van der Waals surface area (Å²) in [5.41, 5.74) is 9.72. The van der Waals surface area contributed by atoms with E-state index in [1.807, 2.05) is 30.3 Å². The first kappa shape index (κ1) is 13.0. The minimum absolute atomic E-state index is 0.652. The average Bonchev–Trinajstić information content (AvgIpc) is 2.49. The minimum atomic E-state index is 0.652. The molecule has 0 spiro atoms. The SMILES string of the molecule is N#Cc1cc2c(nc1Sc1ccccc1N)CCCC2. The molecule has 0 saturated carbocycles. The van der Waals surface area contributed by atoms with E-state index in [4.69, 9.17) is 10.7 Å². The maximum Gasteiger partial charge on any atom is 0.119 e. The molecule has 0 saturated heterocycles. The second-order valence-corrected chi connectivity index (χ2v) is 5.94. The Bertz CT molecular complexity index is 689. The van der Waals surface area contributed by atoms with Crippen LogP contribution in [0.3, 0.4) is 0 Å². The van der Waals surface area contributed by atoms with Gasteiger partial charge < -0.3 is 5.73 Å². The molecule has 1 aromatic carbocycles. The highest BCUT2D eigenvalue weighted by Gasteiger charge is 2.16. The van der Waals surface area contributed by atoms with Gasteiger partial charge in [0.15, 0.2) is 0 Å². The molecule has 100 valence electrons. The molecule has 2 aromatic rings.